The maximum absolute atomic E-state index is 5.52. The third-order valence-electron chi connectivity index (χ3n) is 3.79. The van der Waals surface area contributed by atoms with E-state index in [1.807, 2.05) is 6.07 Å². The normalized spacial score (nSPS) is 12.0. The molecule has 0 saturated heterocycles. The van der Waals surface area contributed by atoms with Gasteiger partial charge < -0.3 is 14.4 Å². The van der Waals surface area contributed by atoms with Crippen molar-refractivity contribution in [3.63, 3.8) is 0 Å². The number of methoxy groups -OCH3 is 2. The average Bonchev–Trinajstić information content (AvgIpc) is 2.55. The molecule has 0 fully saturated rings. The molecule has 0 amide bonds. The summed E-state index contributed by atoms with van der Waals surface area (Å²) < 4.78 is 11.8. The smallest absolute Gasteiger partial charge is 0.136 e. The zero-order valence-electron chi connectivity index (χ0n) is 13.4. The molecule has 0 aliphatic carbocycles. The van der Waals surface area contributed by atoms with Gasteiger partial charge >= 0.3 is 0 Å². The fourth-order valence-corrected chi connectivity index (χ4v) is 3.08. The summed E-state index contributed by atoms with van der Waals surface area (Å²) >= 11 is 3.56. The summed E-state index contributed by atoms with van der Waals surface area (Å²) in [6, 6.07) is 14.6. The number of hydrogen-bond acceptors (Lipinski definition) is 2. The van der Waals surface area contributed by atoms with Crippen molar-refractivity contribution in [2.75, 3.05) is 20.8 Å². The lowest BCUT2D eigenvalue weighted by molar-refractivity contribution is -0.925. The Morgan fingerprint density at radius 1 is 0.955 bits per heavy atom. The zero-order chi connectivity index (χ0) is 15.9. The number of benzene rings is 2. The molecule has 1 N–H and O–H groups in total. The van der Waals surface area contributed by atoms with Crippen LogP contribution in [0.25, 0.3) is 0 Å². The molecule has 0 spiro atoms. The van der Waals surface area contributed by atoms with Gasteiger partial charge in [-0.15, -0.1) is 0 Å². The van der Waals surface area contributed by atoms with Gasteiger partial charge in [-0.25, -0.2) is 0 Å². The fraction of sp³-hybridized carbons (Fsp3) is 0.333. The highest BCUT2D eigenvalue weighted by Gasteiger charge is 2.15. The number of ether oxygens (including phenoxy) is 2. The summed E-state index contributed by atoms with van der Waals surface area (Å²) in [6.07, 6.45) is 0. The van der Waals surface area contributed by atoms with E-state index in [1.165, 1.54) is 16.0 Å². The van der Waals surface area contributed by atoms with Crippen LogP contribution < -0.4 is 14.4 Å². The molecule has 0 aliphatic heterocycles. The van der Waals surface area contributed by atoms with Crippen molar-refractivity contribution in [1.29, 1.82) is 0 Å². The van der Waals surface area contributed by atoms with E-state index in [9.17, 15) is 0 Å². The Morgan fingerprint density at radius 2 is 1.64 bits per heavy atom. The van der Waals surface area contributed by atoms with Crippen LogP contribution in [0.5, 0.6) is 11.5 Å². The standard InChI is InChI=1S/C18H22BrNO2/c1-4-20(12-14-8-6-5-7-9-14)13-15-10-16(19)18(22-3)11-17(15)21-2/h5-11H,4,12-13H2,1-3H3/p+1. The maximum Gasteiger partial charge on any atom is 0.136 e. The Bertz CT molecular complexity index is 602. The van der Waals surface area contributed by atoms with Gasteiger partial charge in [-0.3, -0.25) is 0 Å². The van der Waals surface area contributed by atoms with E-state index in [0.717, 1.165) is 35.6 Å². The van der Waals surface area contributed by atoms with Crippen LogP contribution in [0.3, 0.4) is 0 Å². The average molecular weight is 365 g/mol. The largest absolute Gasteiger partial charge is 0.496 e. The Hall–Kier alpha value is -1.52. The quantitative estimate of drug-likeness (QED) is 0.815. The third-order valence-corrected chi connectivity index (χ3v) is 4.41. The highest BCUT2D eigenvalue weighted by atomic mass is 79.9. The maximum atomic E-state index is 5.52. The van der Waals surface area contributed by atoms with Crippen LogP contribution in [-0.4, -0.2) is 20.8 Å². The molecule has 118 valence electrons. The monoisotopic (exact) mass is 364 g/mol. The molecule has 0 radical (unpaired) electrons. The summed E-state index contributed by atoms with van der Waals surface area (Å²) in [7, 11) is 3.37. The third kappa shape index (κ3) is 4.24. The van der Waals surface area contributed by atoms with Crippen LogP contribution in [0.1, 0.15) is 18.1 Å². The van der Waals surface area contributed by atoms with Crippen LogP contribution in [-0.2, 0) is 13.1 Å². The van der Waals surface area contributed by atoms with Crippen LogP contribution in [0, 0.1) is 0 Å². The minimum Gasteiger partial charge on any atom is -0.496 e. The van der Waals surface area contributed by atoms with E-state index in [0.29, 0.717) is 0 Å². The van der Waals surface area contributed by atoms with E-state index in [4.69, 9.17) is 9.47 Å². The topological polar surface area (TPSA) is 22.9 Å². The summed E-state index contributed by atoms with van der Waals surface area (Å²) in [4.78, 5) is 1.49. The molecule has 0 heterocycles. The Balaban J connectivity index is 2.18. The highest BCUT2D eigenvalue weighted by molar-refractivity contribution is 9.10. The molecular formula is C18H23BrNO2+. The SMILES string of the molecule is CC[NH+](Cc1ccccc1)Cc1cc(Br)c(OC)cc1OC. The van der Waals surface area contributed by atoms with E-state index in [-0.39, 0.29) is 0 Å². The van der Waals surface area contributed by atoms with Crippen molar-refractivity contribution in [2.24, 2.45) is 0 Å². The van der Waals surface area contributed by atoms with Crippen molar-refractivity contribution in [1.82, 2.24) is 0 Å². The molecule has 2 aromatic rings. The minimum atomic E-state index is 0.793. The molecule has 2 aromatic carbocycles. The van der Waals surface area contributed by atoms with Gasteiger partial charge in [-0.05, 0) is 28.9 Å². The van der Waals surface area contributed by atoms with Crippen LogP contribution >= 0.6 is 15.9 Å². The van der Waals surface area contributed by atoms with E-state index < -0.39 is 0 Å². The first-order valence-electron chi connectivity index (χ1n) is 7.45. The molecule has 0 aromatic heterocycles. The van der Waals surface area contributed by atoms with Crippen molar-refractivity contribution in [2.45, 2.75) is 20.0 Å². The van der Waals surface area contributed by atoms with E-state index in [1.54, 1.807) is 14.2 Å². The minimum absolute atomic E-state index is 0.793. The fourth-order valence-electron chi connectivity index (χ4n) is 2.53. The molecule has 0 bridgehead atoms. The highest BCUT2D eigenvalue weighted by Crippen LogP contribution is 2.32. The zero-order valence-corrected chi connectivity index (χ0v) is 14.9. The van der Waals surface area contributed by atoms with E-state index in [2.05, 4.69) is 59.3 Å². The van der Waals surface area contributed by atoms with Crippen molar-refractivity contribution >= 4 is 15.9 Å². The van der Waals surface area contributed by atoms with Crippen LogP contribution in [0.4, 0.5) is 0 Å². The molecule has 0 saturated carbocycles. The van der Waals surface area contributed by atoms with Crippen molar-refractivity contribution in [3.8, 4) is 11.5 Å². The predicted octanol–water partition coefficient (Wildman–Crippen LogP) is 3.07. The van der Waals surface area contributed by atoms with Gasteiger partial charge in [-0.2, -0.15) is 0 Å². The van der Waals surface area contributed by atoms with Crippen LogP contribution in [0.2, 0.25) is 0 Å². The van der Waals surface area contributed by atoms with Gasteiger partial charge in [0, 0.05) is 17.2 Å². The lowest BCUT2D eigenvalue weighted by Crippen LogP contribution is -3.09. The Labute approximate surface area is 141 Å². The van der Waals surface area contributed by atoms with Gasteiger partial charge in [0.15, 0.2) is 0 Å². The second-order valence-corrected chi connectivity index (χ2v) is 6.10. The summed E-state index contributed by atoms with van der Waals surface area (Å²) in [5.41, 5.74) is 2.54. The molecule has 1 atom stereocenters. The summed E-state index contributed by atoms with van der Waals surface area (Å²) in [6.45, 7) is 5.19. The Kier molecular flexibility index (Phi) is 6.28. The Morgan fingerprint density at radius 3 is 2.23 bits per heavy atom. The molecule has 22 heavy (non-hydrogen) atoms. The first-order valence-corrected chi connectivity index (χ1v) is 8.25. The summed E-state index contributed by atoms with van der Waals surface area (Å²) in [5, 5.41) is 0. The molecule has 4 heteroatoms. The van der Waals surface area contributed by atoms with Crippen molar-refractivity contribution < 1.29 is 14.4 Å². The molecule has 3 nitrogen and oxygen atoms in total. The van der Waals surface area contributed by atoms with E-state index >= 15 is 0 Å². The van der Waals surface area contributed by atoms with Crippen molar-refractivity contribution in [3.05, 3.63) is 58.1 Å². The lowest BCUT2D eigenvalue weighted by atomic mass is 10.1. The number of rotatable bonds is 7. The first kappa shape index (κ1) is 16.8. The number of nitrogens with one attached hydrogen (secondary N) is 1. The predicted molar refractivity (Wildman–Crippen MR) is 92.6 cm³/mol. The second-order valence-electron chi connectivity index (χ2n) is 5.24. The second kappa shape index (κ2) is 8.20. The van der Waals surface area contributed by atoms with Gasteiger partial charge in [0.25, 0.3) is 0 Å². The molecular weight excluding hydrogens is 342 g/mol. The molecule has 2 rings (SSSR count). The van der Waals surface area contributed by atoms with Gasteiger partial charge in [0.2, 0.25) is 0 Å². The van der Waals surface area contributed by atoms with Crippen LogP contribution in [0.15, 0.2) is 46.9 Å². The van der Waals surface area contributed by atoms with Gasteiger partial charge in [0.1, 0.15) is 24.6 Å². The number of halogens is 1. The number of hydrogen-bond donors (Lipinski definition) is 1. The van der Waals surface area contributed by atoms with Gasteiger partial charge in [0.05, 0.1) is 25.2 Å². The summed E-state index contributed by atoms with van der Waals surface area (Å²) in [5.74, 6) is 1.67. The first-order chi connectivity index (χ1) is 10.7. The number of quaternary nitrogens is 1. The van der Waals surface area contributed by atoms with Gasteiger partial charge in [-0.1, -0.05) is 30.3 Å². The lowest BCUT2D eigenvalue weighted by Gasteiger charge is -2.20. The molecule has 0 aliphatic rings. The molecule has 1 unspecified atom stereocenters.